The van der Waals surface area contributed by atoms with E-state index in [4.69, 9.17) is 4.74 Å². The first-order chi connectivity index (χ1) is 23.0. The summed E-state index contributed by atoms with van der Waals surface area (Å²) < 4.78 is 103. The van der Waals surface area contributed by atoms with Gasteiger partial charge in [-0.2, -0.15) is 5.10 Å². The highest BCUT2D eigenvalue weighted by Crippen LogP contribution is 2.42. The van der Waals surface area contributed by atoms with E-state index in [1.54, 1.807) is 13.0 Å². The van der Waals surface area contributed by atoms with Gasteiger partial charge in [0.25, 0.3) is 0 Å². The number of hydrogen-bond donors (Lipinski definition) is 3. The molecule has 0 atom stereocenters. The van der Waals surface area contributed by atoms with E-state index in [1.165, 1.54) is 14.0 Å². The highest BCUT2D eigenvalue weighted by molar-refractivity contribution is 7.99. The van der Waals surface area contributed by atoms with Gasteiger partial charge in [-0.05, 0) is 63.6 Å². The fraction of sp³-hybridized carbons (Fsp3) is 0.355. The minimum atomic E-state index is -4.83. The lowest BCUT2D eigenvalue weighted by molar-refractivity contribution is -0.119. The fourth-order valence-corrected chi connectivity index (χ4v) is 7.74. The van der Waals surface area contributed by atoms with Gasteiger partial charge in [0.15, 0.2) is 55.7 Å². The third-order valence-electron chi connectivity index (χ3n) is 7.99. The first kappa shape index (κ1) is 35.8. The van der Waals surface area contributed by atoms with Crippen LogP contribution in [0.4, 0.5) is 39.4 Å². The zero-order valence-corrected chi connectivity index (χ0v) is 28.6. The fourth-order valence-electron chi connectivity index (χ4n) is 5.44. The topological polar surface area (TPSA) is 142 Å². The van der Waals surface area contributed by atoms with E-state index in [-0.39, 0.29) is 39.6 Å². The first-order valence-electron chi connectivity index (χ1n) is 14.9. The Morgan fingerprint density at radius 3 is 2.22 bits per heavy atom. The van der Waals surface area contributed by atoms with Gasteiger partial charge in [-0.1, -0.05) is 0 Å². The Balaban J connectivity index is 1.50. The molecule has 1 aliphatic heterocycles. The number of hydrogen-bond acceptors (Lipinski definition) is 10. The van der Waals surface area contributed by atoms with Crippen molar-refractivity contribution < 1.29 is 39.9 Å². The van der Waals surface area contributed by atoms with Gasteiger partial charge < -0.3 is 20.3 Å². The first-order valence-corrected chi connectivity index (χ1v) is 17.2. The average molecular weight is 726 g/mol. The number of aromatic amines is 1. The summed E-state index contributed by atoms with van der Waals surface area (Å²) in [4.78, 5) is 21.9. The summed E-state index contributed by atoms with van der Waals surface area (Å²) in [6.45, 7) is 5.98. The maximum Gasteiger partial charge on any atom is 0.217 e. The van der Waals surface area contributed by atoms with Crippen molar-refractivity contribution in [2.75, 3.05) is 30.4 Å². The zero-order chi connectivity index (χ0) is 35.8. The molecule has 0 aliphatic carbocycles. The molecule has 4 aromatic rings. The number of carbonyl (C=O) groups excluding carboxylic acids is 1. The largest absolute Gasteiger partial charge is 0.490 e. The van der Waals surface area contributed by atoms with Gasteiger partial charge in [-0.3, -0.25) is 9.89 Å². The number of aryl methyl sites for hydroxylation is 1. The average Bonchev–Trinajstić information content (AvgIpc) is 3.45. The molecular formula is C31H32F5N7O4S2. The second-order valence-corrected chi connectivity index (χ2v) is 15.3. The van der Waals surface area contributed by atoms with Gasteiger partial charge in [0, 0.05) is 43.9 Å². The Hall–Kier alpha value is -4.45. The van der Waals surface area contributed by atoms with Crippen molar-refractivity contribution in [3.8, 4) is 5.75 Å². The summed E-state index contributed by atoms with van der Waals surface area (Å²) >= 11 is 0.764. The smallest absolute Gasteiger partial charge is 0.217 e. The van der Waals surface area contributed by atoms with Crippen LogP contribution in [0.2, 0.25) is 0 Å². The minimum absolute atomic E-state index is 0.0261. The Labute approximate surface area is 283 Å². The minimum Gasteiger partial charge on any atom is -0.490 e. The van der Waals surface area contributed by atoms with Gasteiger partial charge in [-0.25, -0.2) is 40.3 Å². The Morgan fingerprint density at radius 2 is 1.67 bits per heavy atom. The van der Waals surface area contributed by atoms with Crippen LogP contribution in [0, 0.1) is 36.0 Å². The maximum absolute atomic E-state index is 15.6. The Bertz CT molecular complexity index is 1990. The summed E-state index contributed by atoms with van der Waals surface area (Å²) in [5, 5.41) is 13.0. The summed E-state index contributed by atoms with van der Waals surface area (Å²) in [6, 6.07) is 4.45. The van der Waals surface area contributed by atoms with Crippen molar-refractivity contribution in [3.63, 3.8) is 0 Å². The molecular weight excluding hydrogens is 694 g/mol. The number of amides is 1. The molecule has 0 spiro atoms. The van der Waals surface area contributed by atoms with E-state index in [1.807, 2.05) is 4.90 Å². The monoisotopic (exact) mass is 725 g/mol. The highest BCUT2D eigenvalue weighted by atomic mass is 32.2. The molecule has 2 aromatic carbocycles. The number of nitrogens with one attached hydrogen (secondary N) is 3. The molecule has 1 fully saturated rings. The lowest BCUT2D eigenvalue weighted by Gasteiger charge is -2.34. The molecule has 18 heteroatoms. The molecule has 0 unspecified atom stereocenters. The van der Waals surface area contributed by atoms with Crippen LogP contribution in [0.3, 0.4) is 0 Å². The van der Waals surface area contributed by atoms with Crippen molar-refractivity contribution in [1.82, 2.24) is 25.5 Å². The number of benzene rings is 2. The van der Waals surface area contributed by atoms with Crippen LogP contribution in [0.5, 0.6) is 5.75 Å². The van der Waals surface area contributed by atoms with Gasteiger partial charge >= 0.3 is 0 Å². The molecule has 5 rings (SSSR count). The molecule has 2 aromatic heterocycles. The van der Waals surface area contributed by atoms with Crippen LogP contribution in [-0.4, -0.2) is 60.7 Å². The van der Waals surface area contributed by atoms with Crippen LogP contribution < -0.4 is 20.3 Å². The normalized spacial score (nSPS) is 14.2. The molecule has 0 radical (unpaired) electrons. The predicted molar refractivity (Wildman–Crippen MR) is 171 cm³/mol. The Morgan fingerprint density at radius 1 is 1.02 bits per heavy atom. The van der Waals surface area contributed by atoms with Crippen LogP contribution in [0.25, 0.3) is 0 Å². The summed E-state index contributed by atoms with van der Waals surface area (Å²) in [6.07, 6.45) is 1.24. The van der Waals surface area contributed by atoms with Crippen molar-refractivity contribution in [2.24, 2.45) is 0 Å². The number of H-pyrrole nitrogens is 1. The summed E-state index contributed by atoms with van der Waals surface area (Å²) in [7, 11) is -3.39. The SMILES string of the molecule is COc1c(Nc2cc(C)[nH]n2)nc(Sc2ccc(S(=O)(=O)C(C)(C)c3c(F)c(F)cc(F)c3F)cc2F)nc1N1CCC(NC(C)=O)CC1. The van der Waals surface area contributed by atoms with Gasteiger partial charge in [-0.15, -0.1) is 0 Å². The zero-order valence-electron chi connectivity index (χ0n) is 26.9. The molecule has 1 amide bonds. The number of halogens is 5. The molecule has 49 heavy (non-hydrogen) atoms. The second kappa shape index (κ2) is 13.8. The molecule has 11 nitrogen and oxygen atoms in total. The van der Waals surface area contributed by atoms with Gasteiger partial charge in [0.05, 0.1) is 22.5 Å². The van der Waals surface area contributed by atoms with Crippen LogP contribution in [0.15, 0.2) is 45.3 Å². The number of nitrogens with zero attached hydrogens (tertiary/aromatic N) is 4. The number of piperidine rings is 1. The number of sulfone groups is 1. The van der Waals surface area contributed by atoms with Crippen LogP contribution >= 0.6 is 11.8 Å². The maximum atomic E-state index is 15.6. The van der Waals surface area contributed by atoms with Crippen molar-refractivity contribution in [3.05, 3.63) is 70.7 Å². The third-order valence-corrected chi connectivity index (χ3v) is 11.3. The number of carbonyl (C=O) groups is 1. The van der Waals surface area contributed by atoms with Crippen LogP contribution in [-0.2, 0) is 19.4 Å². The quantitative estimate of drug-likeness (QED) is 0.103. The third kappa shape index (κ3) is 7.15. The van der Waals surface area contributed by atoms with E-state index in [2.05, 4.69) is 30.8 Å². The van der Waals surface area contributed by atoms with Gasteiger partial charge in [0.2, 0.25) is 11.7 Å². The van der Waals surface area contributed by atoms with E-state index < -0.39 is 54.1 Å². The standard InChI is InChI=1S/C31H32F5N7O4S2/c1-15-12-23(42-41-15)38-28-27(47-5)29(43-10-8-17(9-11-43)37-16(2)44)40-30(39-28)48-22-7-6-18(13-19(22)32)49(45,46)31(3,4)24-25(35)20(33)14-21(34)26(24)36/h6-7,12-14,17H,8-11H2,1-5H3,(H,37,44)(H2,38,39,40,41,42). The van der Waals surface area contributed by atoms with Crippen molar-refractivity contribution >= 4 is 45.0 Å². The van der Waals surface area contributed by atoms with Gasteiger partial charge in [0.1, 0.15) is 10.6 Å². The van der Waals surface area contributed by atoms with Crippen LogP contribution in [0.1, 0.15) is 44.9 Å². The molecule has 262 valence electrons. The number of ether oxygens (including phenoxy) is 1. The van der Waals surface area contributed by atoms with Crippen molar-refractivity contribution in [2.45, 2.75) is 66.3 Å². The van der Waals surface area contributed by atoms with E-state index >= 15 is 4.39 Å². The van der Waals surface area contributed by atoms with E-state index in [9.17, 15) is 30.8 Å². The number of anilines is 3. The van der Waals surface area contributed by atoms with Crippen molar-refractivity contribution in [1.29, 1.82) is 0 Å². The molecule has 1 aliphatic rings. The lowest BCUT2D eigenvalue weighted by Crippen LogP contribution is -2.44. The number of methoxy groups -OCH3 is 1. The molecule has 3 heterocycles. The highest BCUT2D eigenvalue weighted by Gasteiger charge is 2.44. The summed E-state index contributed by atoms with van der Waals surface area (Å²) in [5.74, 6) is -7.20. The van der Waals surface area contributed by atoms with E-state index in [0.29, 0.717) is 43.6 Å². The number of aromatic nitrogens is 4. The summed E-state index contributed by atoms with van der Waals surface area (Å²) in [5.41, 5.74) is -0.588. The second-order valence-electron chi connectivity index (χ2n) is 11.8. The predicted octanol–water partition coefficient (Wildman–Crippen LogP) is 5.92. The molecule has 1 saturated heterocycles. The lowest BCUT2D eigenvalue weighted by atomic mass is 10.0. The Kier molecular flexibility index (Phi) is 10.1. The number of rotatable bonds is 10. The van der Waals surface area contributed by atoms with E-state index in [0.717, 1.165) is 43.4 Å². The molecule has 0 saturated carbocycles. The molecule has 3 N–H and O–H groups in total. The molecule has 0 bridgehead atoms.